The molecule has 0 aliphatic carbocycles. The van der Waals surface area contributed by atoms with Gasteiger partial charge in [0, 0.05) is 40.4 Å². The fourth-order valence-electron chi connectivity index (χ4n) is 4.86. The van der Waals surface area contributed by atoms with Crippen molar-refractivity contribution >= 4 is 38.8 Å². The summed E-state index contributed by atoms with van der Waals surface area (Å²) in [5, 5.41) is 7.63. The number of halogens is 4. The lowest BCUT2D eigenvalue weighted by Gasteiger charge is -2.34. The molecular formula is C28H24ClF3N4O4S. The van der Waals surface area contributed by atoms with Gasteiger partial charge in [0.1, 0.15) is 21.1 Å². The summed E-state index contributed by atoms with van der Waals surface area (Å²) in [4.78, 5) is 30.8. The molecule has 41 heavy (non-hydrogen) atoms. The number of nitrogens with one attached hydrogen (secondary N) is 1. The largest absolute Gasteiger partial charge is 0.416 e. The molecule has 1 fully saturated rings. The minimum atomic E-state index is -4.55. The highest BCUT2D eigenvalue weighted by Gasteiger charge is 2.37. The minimum absolute atomic E-state index is 0.00503. The molecule has 0 atom stereocenters. The van der Waals surface area contributed by atoms with E-state index in [9.17, 15) is 31.2 Å². The van der Waals surface area contributed by atoms with Crippen LogP contribution in [0.2, 0.25) is 5.02 Å². The Morgan fingerprint density at radius 2 is 1.66 bits per heavy atom. The highest BCUT2D eigenvalue weighted by Crippen LogP contribution is 2.38. The summed E-state index contributed by atoms with van der Waals surface area (Å²) in [6.45, 7) is 2.97. The number of nitrogens with zero attached hydrogens (tertiary/aromatic N) is 3. The van der Waals surface area contributed by atoms with Gasteiger partial charge in [-0.1, -0.05) is 41.9 Å². The lowest BCUT2D eigenvalue weighted by molar-refractivity contribution is -0.137. The molecule has 13 heteroatoms. The molecule has 0 unspecified atom stereocenters. The standard InChI is InChI=1S/C28H24ClF3N4O4S/c1-16(37)23-22(26(38)34-27(2)11-13-41(39,40)14-12-27)25-33-15-20(19-5-3-4-6-21(19)29)24(36(25)35-23)17-7-9-18(10-8-17)28(30,31)32/h3-10,15H,11-14H2,1-2H3,(H,34,38). The molecule has 3 heterocycles. The molecule has 2 aromatic carbocycles. The highest BCUT2D eigenvalue weighted by atomic mass is 35.5. The van der Waals surface area contributed by atoms with Gasteiger partial charge in [0.05, 0.1) is 22.8 Å². The second-order valence-electron chi connectivity index (χ2n) is 10.3. The smallest absolute Gasteiger partial charge is 0.347 e. The third-order valence-electron chi connectivity index (χ3n) is 7.20. The van der Waals surface area contributed by atoms with Gasteiger partial charge in [-0.25, -0.2) is 17.9 Å². The zero-order valence-electron chi connectivity index (χ0n) is 21.9. The number of fused-ring (bicyclic) bond motifs is 1. The summed E-state index contributed by atoms with van der Waals surface area (Å²) in [5.41, 5.74) is -0.486. The second kappa shape index (κ2) is 10.3. The van der Waals surface area contributed by atoms with Crippen molar-refractivity contribution in [2.24, 2.45) is 0 Å². The summed E-state index contributed by atoms with van der Waals surface area (Å²) in [5.74, 6) is -1.37. The van der Waals surface area contributed by atoms with E-state index in [1.54, 1.807) is 31.2 Å². The SMILES string of the molecule is CC(=O)c1nn2c(-c3ccc(C(F)(F)F)cc3)c(-c3ccccc3Cl)cnc2c1C(=O)NC1(C)CCS(=O)(=O)CC1. The second-order valence-corrected chi connectivity index (χ2v) is 13.0. The number of hydrogen-bond acceptors (Lipinski definition) is 6. The lowest BCUT2D eigenvalue weighted by atomic mass is 9.94. The van der Waals surface area contributed by atoms with E-state index in [1.165, 1.54) is 29.8 Å². The van der Waals surface area contributed by atoms with Crippen molar-refractivity contribution < 1.29 is 31.2 Å². The molecule has 8 nitrogen and oxygen atoms in total. The van der Waals surface area contributed by atoms with E-state index < -0.39 is 38.8 Å². The maximum absolute atomic E-state index is 13.6. The van der Waals surface area contributed by atoms with Crippen LogP contribution in [0.5, 0.6) is 0 Å². The van der Waals surface area contributed by atoms with E-state index in [-0.39, 0.29) is 46.9 Å². The molecule has 0 bridgehead atoms. The average molecular weight is 605 g/mol. The van der Waals surface area contributed by atoms with Crippen LogP contribution in [-0.2, 0) is 16.0 Å². The number of carbonyl (C=O) groups is 2. The topological polar surface area (TPSA) is 110 Å². The van der Waals surface area contributed by atoms with Crippen LogP contribution in [0.25, 0.3) is 28.0 Å². The Morgan fingerprint density at radius 3 is 2.24 bits per heavy atom. The van der Waals surface area contributed by atoms with Crippen molar-refractivity contribution in [2.45, 2.75) is 38.4 Å². The van der Waals surface area contributed by atoms with Crippen molar-refractivity contribution in [1.29, 1.82) is 0 Å². The van der Waals surface area contributed by atoms with Crippen LogP contribution in [0, 0.1) is 0 Å². The fourth-order valence-corrected chi connectivity index (χ4v) is 6.83. The number of rotatable bonds is 5. The van der Waals surface area contributed by atoms with Crippen molar-refractivity contribution in [3.8, 4) is 22.4 Å². The zero-order valence-corrected chi connectivity index (χ0v) is 23.5. The summed E-state index contributed by atoms with van der Waals surface area (Å²) < 4.78 is 65.1. The Morgan fingerprint density at radius 1 is 1.02 bits per heavy atom. The van der Waals surface area contributed by atoms with E-state index >= 15 is 0 Å². The van der Waals surface area contributed by atoms with E-state index in [4.69, 9.17) is 11.6 Å². The number of ketones is 1. The van der Waals surface area contributed by atoms with Crippen LogP contribution in [0.3, 0.4) is 0 Å². The van der Waals surface area contributed by atoms with E-state index in [0.29, 0.717) is 21.7 Å². The van der Waals surface area contributed by atoms with Crippen LogP contribution in [0.15, 0.2) is 54.7 Å². The first kappa shape index (κ1) is 28.7. The van der Waals surface area contributed by atoms with Crippen molar-refractivity contribution in [3.63, 3.8) is 0 Å². The van der Waals surface area contributed by atoms with Gasteiger partial charge < -0.3 is 5.32 Å². The van der Waals surface area contributed by atoms with E-state index in [0.717, 1.165) is 12.1 Å². The molecule has 0 saturated carbocycles. The zero-order chi connectivity index (χ0) is 29.7. The number of carbonyl (C=O) groups excluding carboxylic acids is 2. The molecule has 1 aliphatic rings. The number of aromatic nitrogens is 3. The van der Waals surface area contributed by atoms with Crippen molar-refractivity contribution in [2.75, 3.05) is 11.5 Å². The van der Waals surface area contributed by atoms with Crippen LogP contribution in [-0.4, -0.2) is 51.8 Å². The van der Waals surface area contributed by atoms with Gasteiger partial charge >= 0.3 is 6.18 Å². The Kier molecular flexibility index (Phi) is 7.19. The van der Waals surface area contributed by atoms with Gasteiger partial charge in [0.15, 0.2) is 11.4 Å². The number of hydrogen-bond donors (Lipinski definition) is 1. The monoisotopic (exact) mass is 604 g/mol. The predicted molar refractivity (Wildman–Crippen MR) is 148 cm³/mol. The maximum Gasteiger partial charge on any atom is 0.416 e. The summed E-state index contributed by atoms with van der Waals surface area (Å²) in [7, 11) is -3.20. The molecule has 1 amide bonds. The predicted octanol–water partition coefficient (Wildman–Crippen LogP) is 5.64. The molecule has 214 valence electrons. The Bertz CT molecular complexity index is 1790. The molecule has 0 spiro atoms. The number of Topliss-reactive ketones (excluding diaryl/α,β-unsaturated/α-hetero) is 1. The quantitative estimate of drug-likeness (QED) is 0.295. The molecule has 1 N–H and O–H groups in total. The summed E-state index contributed by atoms with van der Waals surface area (Å²) in [6.07, 6.45) is -2.74. The van der Waals surface area contributed by atoms with Gasteiger partial charge in [0.25, 0.3) is 5.91 Å². The minimum Gasteiger partial charge on any atom is -0.347 e. The third-order valence-corrected chi connectivity index (χ3v) is 9.18. The Labute approximate surface area is 238 Å². The normalized spacial score (nSPS) is 16.4. The number of sulfone groups is 1. The van der Waals surface area contributed by atoms with E-state index in [1.807, 2.05) is 0 Å². The molecule has 0 radical (unpaired) electrons. The van der Waals surface area contributed by atoms with Crippen LogP contribution >= 0.6 is 11.6 Å². The highest BCUT2D eigenvalue weighted by molar-refractivity contribution is 7.91. The Balaban J connectivity index is 1.71. The summed E-state index contributed by atoms with van der Waals surface area (Å²) in [6, 6.07) is 11.2. The molecule has 5 rings (SSSR count). The van der Waals surface area contributed by atoms with Crippen LogP contribution in [0.4, 0.5) is 13.2 Å². The van der Waals surface area contributed by atoms with Crippen LogP contribution < -0.4 is 5.32 Å². The Hall–Kier alpha value is -3.77. The molecular weight excluding hydrogens is 581 g/mol. The summed E-state index contributed by atoms with van der Waals surface area (Å²) >= 11 is 6.47. The van der Waals surface area contributed by atoms with Crippen molar-refractivity contribution in [1.82, 2.24) is 19.9 Å². The van der Waals surface area contributed by atoms with Crippen molar-refractivity contribution in [3.05, 3.63) is 76.6 Å². The lowest BCUT2D eigenvalue weighted by Crippen LogP contribution is -2.51. The van der Waals surface area contributed by atoms with Crippen LogP contribution in [0.1, 0.15) is 53.1 Å². The fraction of sp³-hybridized carbons (Fsp3) is 0.286. The molecule has 2 aromatic heterocycles. The van der Waals surface area contributed by atoms with Gasteiger partial charge in [-0.05, 0) is 38.0 Å². The van der Waals surface area contributed by atoms with Gasteiger partial charge in [-0.3, -0.25) is 9.59 Å². The first-order valence-corrected chi connectivity index (χ1v) is 14.8. The molecule has 4 aromatic rings. The maximum atomic E-state index is 13.6. The third kappa shape index (κ3) is 5.58. The molecule has 1 aliphatic heterocycles. The van der Waals surface area contributed by atoms with E-state index in [2.05, 4.69) is 15.4 Å². The average Bonchev–Trinajstić information content (AvgIpc) is 3.30. The molecule has 1 saturated heterocycles. The van der Waals surface area contributed by atoms with Gasteiger partial charge in [0.2, 0.25) is 0 Å². The first-order valence-electron chi connectivity index (χ1n) is 12.6. The first-order chi connectivity index (χ1) is 19.2. The van der Waals surface area contributed by atoms with Gasteiger partial charge in [-0.2, -0.15) is 18.3 Å². The number of amides is 1. The van der Waals surface area contributed by atoms with Gasteiger partial charge in [-0.15, -0.1) is 0 Å². The number of benzene rings is 2. The number of alkyl halides is 3.